The quantitative estimate of drug-likeness (QED) is 0.154. The van der Waals surface area contributed by atoms with E-state index in [4.69, 9.17) is 0 Å². The molecule has 0 saturated carbocycles. The molecule has 1 aliphatic rings. The van der Waals surface area contributed by atoms with Crippen LogP contribution in [0, 0.1) is 0 Å². The Hall–Kier alpha value is -4.28. The summed E-state index contributed by atoms with van der Waals surface area (Å²) in [5.41, 5.74) is 6.44. The first-order valence-electron chi connectivity index (χ1n) is 14.4. The molecule has 0 bridgehead atoms. The Balaban J connectivity index is 1.41. The van der Waals surface area contributed by atoms with Gasteiger partial charge in [0.1, 0.15) is 0 Å². The number of fused-ring (bicyclic) bond motifs is 5. The van der Waals surface area contributed by atoms with Gasteiger partial charge in [-0.1, -0.05) is 104 Å². The van der Waals surface area contributed by atoms with Crippen molar-refractivity contribution < 1.29 is 15.3 Å². The fourth-order valence-electron chi connectivity index (χ4n) is 7.51. The predicted octanol–water partition coefficient (Wildman–Crippen LogP) is 8.10. The molecule has 1 atom stereocenters. The first-order chi connectivity index (χ1) is 20.1. The van der Waals surface area contributed by atoms with E-state index >= 15 is 0 Å². The highest BCUT2D eigenvalue weighted by atomic mass is 16.3. The van der Waals surface area contributed by atoms with Crippen molar-refractivity contribution >= 4 is 43.1 Å². The Bertz CT molecular complexity index is 2120. The monoisotopic (exact) mass is 534 g/mol. The van der Waals surface area contributed by atoms with Gasteiger partial charge in [-0.2, -0.15) is 0 Å². The van der Waals surface area contributed by atoms with Crippen LogP contribution in [0.4, 0.5) is 0 Å². The molecule has 7 aromatic carbocycles. The van der Waals surface area contributed by atoms with Gasteiger partial charge in [0.25, 0.3) is 0 Å². The number of aliphatic hydroxyl groups is 3. The molecular weight excluding hydrogens is 504 g/mol. The van der Waals surface area contributed by atoms with E-state index in [-0.39, 0.29) is 13.2 Å². The Morgan fingerprint density at radius 3 is 1.88 bits per heavy atom. The van der Waals surface area contributed by atoms with Gasteiger partial charge in [0.2, 0.25) is 0 Å². The van der Waals surface area contributed by atoms with Crippen molar-refractivity contribution in [1.29, 1.82) is 0 Å². The molecule has 0 amide bonds. The van der Waals surface area contributed by atoms with E-state index < -0.39 is 11.5 Å². The molecule has 0 spiro atoms. The Labute approximate surface area is 238 Å². The van der Waals surface area contributed by atoms with Gasteiger partial charge < -0.3 is 15.3 Å². The average Bonchev–Trinajstić information content (AvgIpc) is 3.32. The topological polar surface area (TPSA) is 60.7 Å². The number of rotatable bonds is 5. The predicted molar refractivity (Wildman–Crippen MR) is 169 cm³/mol. The summed E-state index contributed by atoms with van der Waals surface area (Å²) in [4.78, 5) is 0. The normalized spacial score (nSPS) is 14.7. The molecule has 41 heavy (non-hydrogen) atoms. The molecule has 200 valence electrons. The molecule has 3 nitrogen and oxygen atoms in total. The highest BCUT2D eigenvalue weighted by molar-refractivity contribution is 6.34. The third-order valence-electron chi connectivity index (χ3n) is 9.56. The summed E-state index contributed by atoms with van der Waals surface area (Å²) >= 11 is 0. The van der Waals surface area contributed by atoms with Gasteiger partial charge in [0, 0.05) is 0 Å². The second-order valence-corrected chi connectivity index (χ2v) is 11.4. The maximum atomic E-state index is 10.8. The van der Waals surface area contributed by atoms with Crippen molar-refractivity contribution in [2.45, 2.75) is 24.9 Å². The highest BCUT2D eigenvalue weighted by Crippen LogP contribution is 2.51. The minimum Gasteiger partial charge on any atom is -0.395 e. The first kappa shape index (κ1) is 24.5. The van der Waals surface area contributed by atoms with E-state index in [1.807, 2.05) is 25.1 Å². The summed E-state index contributed by atoms with van der Waals surface area (Å²) in [6.07, 6.45) is 0.184. The van der Waals surface area contributed by atoms with Crippen LogP contribution in [-0.4, -0.2) is 28.5 Å². The van der Waals surface area contributed by atoms with Gasteiger partial charge in [-0.25, -0.2) is 0 Å². The van der Waals surface area contributed by atoms with Crippen LogP contribution in [0.25, 0.3) is 65.3 Å². The Kier molecular flexibility index (Phi) is 5.30. The van der Waals surface area contributed by atoms with Crippen LogP contribution < -0.4 is 0 Å². The molecule has 1 unspecified atom stereocenters. The molecule has 1 aliphatic carbocycles. The van der Waals surface area contributed by atoms with Crippen molar-refractivity contribution in [2.24, 2.45) is 0 Å². The fourth-order valence-corrected chi connectivity index (χ4v) is 7.51. The molecule has 0 saturated heterocycles. The zero-order valence-electron chi connectivity index (χ0n) is 22.9. The maximum Gasteiger partial charge on any atom is 0.0793 e. The largest absolute Gasteiger partial charge is 0.395 e. The van der Waals surface area contributed by atoms with Crippen LogP contribution in [0.2, 0.25) is 0 Å². The van der Waals surface area contributed by atoms with Crippen LogP contribution in [0.1, 0.15) is 36.1 Å². The van der Waals surface area contributed by atoms with Crippen molar-refractivity contribution in [3.63, 3.8) is 0 Å². The summed E-state index contributed by atoms with van der Waals surface area (Å²) in [5, 5.41) is 41.5. The maximum absolute atomic E-state index is 10.8. The summed E-state index contributed by atoms with van der Waals surface area (Å²) in [6.45, 7) is 1.70. The van der Waals surface area contributed by atoms with Crippen LogP contribution in [0.3, 0.4) is 0 Å². The minimum atomic E-state index is -0.830. The fraction of sp³-hybridized carbons (Fsp3) is 0.158. The lowest BCUT2D eigenvalue weighted by Crippen LogP contribution is -2.34. The standard InChI is InChI=1S/C38H30O3/c1-2-35(41)26-16-18-32-29-10-5-8-27-23(15-17-31(36(27)29)30-11-6-9-28(26)37(30)32)22-13-14-25-24-7-3-4-12-33(24)38(20-39,21-40)34(25)19-22/h3-19,35,39-41H,2,20-21H2,1H3. The molecular formula is C38H30O3. The van der Waals surface area contributed by atoms with Crippen molar-refractivity contribution in [2.75, 3.05) is 13.2 Å². The molecule has 3 heteroatoms. The lowest BCUT2D eigenvalue weighted by molar-refractivity contribution is 0.146. The molecule has 0 heterocycles. The number of hydrogen-bond acceptors (Lipinski definition) is 3. The molecule has 0 aromatic heterocycles. The van der Waals surface area contributed by atoms with Gasteiger partial charge in [0.15, 0.2) is 0 Å². The second-order valence-electron chi connectivity index (χ2n) is 11.4. The van der Waals surface area contributed by atoms with Crippen molar-refractivity contribution in [3.05, 3.63) is 120 Å². The second kappa shape index (κ2) is 8.86. The van der Waals surface area contributed by atoms with E-state index in [9.17, 15) is 15.3 Å². The Morgan fingerprint density at radius 2 is 1.15 bits per heavy atom. The molecule has 0 aliphatic heterocycles. The zero-order valence-corrected chi connectivity index (χ0v) is 22.9. The van der Waals surface area contributed by atoms with Crippen molar-refractivity contribution in [1.82, 2.24) is 0 Å². The summed E-state index contributed by atoms with van der Waals surface area (Å²) in [6, 6.07) is 36.2. The van der Waals surface area contributed by atoms with E-state index in [2.05, 4.69) is 84.9 Å². The summed E-state index contributed by atoms with van der Waals surface area (Å²) in [5.74, 6) is 0. The molecule has 7 aromatic rings. The summed E-state index contributed by atoms with van der Waals surface area (Å²) in [7, 11) is 0. The van der Waals surface area contributed by atoms with Crippen LogP contribution in [0.15, 0.2) is 103 Å². The lowest BCUT2D eigenvalue weighted by Gasteiger charge is -2.27. The van der Waals surface area contributed by atoms with Crippen LogP contribution in [0.5, 0.6) is 0 Å². The summed E-state index contributed by atoms with van der Waals surface area (Å²) < 4.78 is 0. The van der Waals surface area contributed by atoms with Gasteiger partial charge in [-0.15, -0.1) is 0 Å². The van der Waals surface area contributed by atoms with Gasteiger partial charge in [-0.3, -0.25) is 0 Å². The van der Waals surface area contributed by atoms with Crippen LogP contribution in [-0.2, 0) is 5.41 Å². The number of hydrogen-bond donors (Lipinski definition) is 3. The molecule has 0 fully saturated rings. The minimum absolute atomic E-state index is 0.156. The van der Waals surface area contributed by atoms with Gasteiger partial charge >= 0.3 is 0 Å². The highest BCUT2D eigenvalue weighted by Gasteiger charge is 2.42. The Morgan fingerprint density at radius 1 is 0.561 bits per heavy atom. The first-order valence-corrected chi connectivity index (χ1v) is 14.4. The van der Waals surface area contributed by atoms with E-state index in [0.717, 1.165) is 44.3 Å². The third-order valence-corrected chi connectivity index (χ3v) is 9.56. The van der Waals surface area contributed by atoms with Crippen LogP contribution >= 0.6 is 0 Å². The number of aliphatic hydroxyl groups excluding tert-OH is 3. The van der Waals surface area contributed by atoms with Gasteiger partial charge in [-0.05, 0) is 94.5 Å². The number of benzene rings is 7. The van der Waals surface area contributed by atoms with E-state index in [1.54, 1.807) is 0 Å². The smallest absolute Gasteiger partial charge is 0.0793 e. The van der Waals surface area contributed by atoms with Crippen molar-refractivity contribution in [3.8, 4) is 22.3 Å². The molecule has 8 rings (SSSR count). The van der Waals surface area contributed by atoms with Gasteiger partial charge in [0.05, 0.1) is 24.7 Å². The lowest BCUT2D eigenvalue weighted by atomic mass is 9.78. The average molecular weight is 535 g/mol. The molecule has 0 radical (unpaired) electrons. The van der Waals surface area contributed by atoms with E-state index in [0.29, 0.717) is 6.42 Å². The third kappa shape index (κ3) is 3.14. The van der Waals surface area contributed by atoms with E-state index in [1.165, 1.54) is 37.7 Å². The SMILES string of the molecule is CCC(O)c1ccc2c3cccc4c(-c5ccc6c(c5)C(CO)(CO)c5ccccc5-6)ccc(c5cccc1c52)c43. The molecule has 3 N–H and O–H groups in total. The zero-order chi connectivity index (χ0) is 27.9.